The number of ether oxygens (including phenoxy) is 1. The normalized spacial score (nSPS) is 26.1. The average molecular weight is 285 g/mol. The van der Waals surface area contributed by atoms with Crippen molar-refractivity contribution in [2.24, 2.45) is 17.8 Å². The van der Waals surface area contributed by atoms with Crippen molar-refractivity contribution in [1.82, 2.24) is 5.32 Å². The van der Waals surface area contributed by atoms with Crippen LogP contribution in [0.2, 0.25) is 0 Å². The number of hydrogen-bond donors (Lipinski definition) is 2. The van der Waals surface area contributed by atoms with Crippen molar-refractivity contribution >= 4 is 17.8 Å². The lowest BCUT2D eigenvalue weighted by Crippen LogP contribution is -2.52. The van der Waals surface area contributed by atoms with Crippen LogP contribution in [0, 0.1) is 17.8 Å². The Kier molecular flexibility index (Phi) is 5.14. The van der Waals surface area contributed by atoms with Crippen LogP contribution in [0.4, 0.5) is 0 Å². The van der Waals surface area contributed by atoms with E-state index in [0.29, 0.717) is 12.8 Å². The molecule has 0 spiro atoms. The van der Waals surface area contributed by atoms with E-state index < -0.39 is 29.3 Å². The molecule has 1 saturated carbocycles. The molecule has 6 nitrogen and oxygen atoms in total. The van der Waals surface area contributed by atoms with Gasteiger partial charge in [-0.25, -0.2) is 4.79 Å². The summed E-state index contributed by atoms with van der Waals surface area (Å²) in [5.74, 6) is -2.90. The Morgan fingerprint density at radius 3 is 2.25 bits per heavy atom. The second-order valence-corrected chi connectivity index (χ2v) is 5.90. The first kappa shape index (κ1) is 16.5. The Hall–Kier alpha value is -1.59. The van der Waals surface area contributed by atoms with Gasteiger partial charge in [0.2, 0.25) is 5.91 Å². The van der Waals surface area contributed by atoms with Gasteiger partial charge < -0.3 is 15.2 Å². The molecule has 114 valence electrons. The molecule has 1 amide bonds. The number of esters is 1. The Bertz CT molecular complexity index is 404. The largest absolute Gasteiger partial charge is 0.481 e. The first-order valence-corrected chi connectivity index (χ1v) is 6.86. The van der Waals surface area contributed by atoms with E-state index in [-0.39, 0.29) is 11.8 Å². The van der Waals surface area contributed by atoms with E-state index in [1.807, 2.05) is 6.92 Å². The molecule has 1 rings (SSSR count). The van der Waals surface area contributed by atoms with Gasteiger partial charge in [0.05, 0.1) is 18.9 Å². The van der Waals surface area contributed by atoms with Crippen LogP contribution >= 0.6 is 0 Å². The predicted molar refractivity (Wildman–Crippen MR) is 71.9 cm³/mol. The van der Waals surface area contributed by atoms with Gasteiger partial charge >= 0.3 is 11.9 Å². The second-order valence-electron chi connectivity index (χ2n) is 5.90. The number of methoxy groups -OCH3 is 1. The molecule has 0 bridgehead atoms. The number of hydrogen-bond acceptors (Lipinski definition) is 4. The minimum absolute atomic E-state index is 0.244. The summed E-state index contributed by atoms with van der Waals surface area (Å²) in [6.07, 6.45) is 1.92. The molecule has 20 heavy (non-hydrogen) atoms. The molecule has 3 unspecified atom stereocenters. The number of aliphatic carboxylic acids is 1. The van der Waals surface area contributed by atoms with Crippen molar-refractivity contribution in [1.29, 1.82) is 0 Å². The van der Waals surface area contributed by atoms with Gasteiger partial charge in [0.1, 0.15) is 5.54 Å². The van der Waals surface area contributed by atoms with Gasteiger partial charge in [-0.15, -0.1) is 0 Å². The summed E-state index contributed by atoms with van der Waals surface area (Å²) >= 11 is 0. The van der Waals surface area contributed by atoms with Gasteiger partial charge in [0, 0.05) is 0 Å². The highest BCUT2D eigenvalue weighted by atomic mass is 16.5. The van der Waals surface area contributed by atoms with Crippen LogP contribution in [-0.4, -0.2) is 35.6 Å². The summed E-state index contributed by atoms with van der Waals surface area (Å²) in [7, 11) is 1.25. The Morgan fingerprint density at radius 1 is 1.25 bits per heavy atom. The Morgan fingerprint density at radius 2 is 1.80 bits per heavy atom. The van der Waals surface area contributed by atoms with E-state index >= 15 is 0 Å². The zero-order chi connectivity index (χ0) is 15.5. The summed E-state index contributed by atoms with van der Waals surface area (Å²) in [6.45, 7) is 5.07. The number of carboxylic acid groups (broad SMARTS) is 1. The Balaban J connectivity index is 2.80. The van der Waals surface area contributed by atoms with E-state index in [1.165, 1.54) is 7.11 Å². The molecule has 0 saturated heterocycles. The van der Waals surface area contributed by atoms with Crippen LogP contribution in [-0.2, 0) is 19.1 Å². The lowest BCUT2D eigenvalue weighted by atomic mass is 9.93. The van der Waals surface area contributed by atoms with Crippen LogP contribution in [0.3, 0.4) is 0 Å². The van der Waals surface area contributed by atoms with Crippen LogP contribution in [0.5, 0.6) is 0 Å². The maximum atomic E-state index is 12.3. The van der Waals surface area contributed by atoms with Gasteiger partial charge in [-0.3, -0.25) is 9.59 Å². The molecule has 0 aliphatic heterocycles. The van der Waals surface area contributed by atoms with Crippen molar-refractivity contribution in [3.05, 3.63) is 0 Å². The SMILES string of the molecule is CCC1CC(C(=O)O)C(C(=O)NC(C)(C)C(=O)OC)C1. The van der Waals surface area contributed by atoms with E-state index in [4.69, 9.17) is 0 Å². The summed E-state index contributed by atoms with van der Waals surface area (Å²) in [5, 5.41) is 11.8. The number of carbonyl (C=O) groups excluding carboxylic acids is 2. The average Bonchev–Trinajstić information content (AvgIpc) is 2.81. The fourth-order valence-electron chi connectivity index (χ4n) is 2.75. The maximum Gasteiger partial charge on any atom is 0.330 e. The van der Waals surface area contributed by atoms with E-state index in [2.05, 4.69) is 10.1 Å². The first-order chi connectivity index (χ1) is 9.22. The van der Waals surface area contributed by atoms with E-state index in [9.17, 15) is 19.5 Å². The molecule has 0 radical (unpaired) electrons. The zero-order valence-corrected chi connectivity index (χ0v) is 12.4. The monoisotopic (exact) mass is 285 g/mol. The molecule has 1 aliphatic carbocycles. The maximum absolute atomic E-state index is 12.3. The van der Waals surface area contributed by atoms with Gasteiger partial charge in [-0.2, -0.15) is 0 Å². The van der Waals surface area contributed by atoms with Gasteiger partial charge in [-0.05, 0) is 32.6 Å². The predicted octanol–water partition coefficient (Wildman–Crippen LogP) is 1.19. The van der Waals surface area contributed by atoms with Gasteiger partial charge in [-0.1, -0.05) is 13.3 Å². The van der Waals surface area contributed by atoms with E-state index in [1.54, 1.807) is 13.8 Å². The molecule has 0 aromatic carbocycles. The third-order valence-corrected chi connectivity index (χ3v) is 4.02. The molecule has 0 heterocycles. The smallest absolute Gasteiger partial charge is 0.330 e. The number of rotatable bonds is 5. The van der Waals surface area contributed by atoms with Crippen LogP contribution < -0.4 is 5.32 Å². The quantitative estimate of drug-likeness (QED) is 0.740. The van der Waals surface area contributed by atoms with Gasteiger partial charge in [0.15, 0.2) is 0 Å². The summed E-state index contributed by atoms with van der Waals surface area (Å²) in [4.78, 5) is 35.1. The minimum atomic E-state index is -1.15. The van der Waals surface area contributed by atoms with Crippen LogP contribution in [0.1, 0.15) is 40.0 Å². The molecule has 3 atom stereocenters. The highest BCUT2D eigenvalue weighted by molar-refractivity contribution is 5.90. The Labute approximate surface area is 118 Å². The number of amides is 1. The molecular weight excluding hydrogens is 262 g/mol. The van der Waals surface area contributed by atoms with Crippen molar-refractivity contribution in [2.45, 2.75) is 45.6 Å². The molecule has 0 aromatic heterocycles. The number of carboxylic acids is 1. The number of carbonyl (C=O) groups is 3. The molecule has 0 aromatic rings. The molecule has 2 N–H and O–H groups in total. The van der Waals surface area contributed by atoms with Crippen molar-refractivity contribution < 1.29 is 24.2 Å². The lowest BCUT2D eigenvalue weighted by molar-refractivity contribution is -0.151. The summed E-state index contributed by atoms with van der Waals surface area (Å²) in [6, 6.07) is 0. The molecular formula is C14H23NO5. The summed E-state index contributed by atoms with van der Waals surface area (Å²) in [5.41, 5.74) is -1.15. The van der Waals surface area contributed by atoms with Crippen LogP contribution in [0.25, 0.3) is 0 Å². The standard InChI is InChI=1S/C14H23NO5/c1-5-8-6-9(10(7-8)12(17)18)11(16)15-14(2,3)13(19)20-4/h8-10H,5-7H2,1-4H3,(H,15,16)(H,17,18). The van der Waals surface area contributed by atoms with Gasteiger partial charge in [0.25, 0.3) is 0 Å². The second kappa shape index (κ2) is 6.24. The highest BCUT2D eigenvalue weighted by Gasteiger charge is 2.44. The summed E-state index contributed by atoms with van der Waals surface area (Å²) < 4.78 is 4.63. The fourth-order valence-corrected chi connectivity index (χ4v) is 2.75. The van der Waals surface area contributed by atoms with Crippen molar-refractivity contribution in [2.75, 3.05) is 7.11 Å². The van der Waals surface area contributed by atoms with Crippen LogP contribution in [0.15, 0.2) is 0 Å². The first-order valence-electron chi connectivity index (χ1n) is 6.86. The van der Waals surface area contributed by atoms with Crippen molar-refractivity contribution in [3.63, 3.8) is 0 Å². The lowest BCUT2D eigenvalue weighted by Gasteiger charge is -2.26. The molecule has 6 heteroatoms. The fraction of sp³-hybridized carbons (Fsp3) is 0.786. The molecule has 1 fully saturated rings. The minimum Gasteiger partial charge on any atom is -0.481 e. The topological polar surface area (TPSA) is 92.7 Å². The highest BCUT2D eigenvalue weighted by Crippen LogP contribution is 2.38. The van der Waals surface area contributed by atoms with E-state index in [0.717, 1.165) is 6.42 Å². The third kappa shape index (κ3) is 3.49. The van der Waals surface area contributed by atoms with Crippen molar-refractivity contribution in [3.8, 4) is 0 Å². The third-order valence-electron chi connectivity index (χ3n) is 4.02. The molecule has 1 aliphatic rings. The number of nitrogens with one attached hydrogen (secondary N) is 1. The zero-order valence-electron chi connectivity index (χ0n) is 12.4.